The van der Waals surface area contributed by atoms with E-state index >= 15 is 0 Å². The van der Waals surface area contributed by atoms with Gasteiger partial charge in [0.1, 0.15) is 0 Å². The van der Waals surface area contributed by atoms with Gasteiger partial charge in [-0.1, -0.05) is 0 Å². The zero-order valence-corrected chi connectivity index (χ0v) is 12.1. The van der Waals surface area contributed by atoms with Crippen molar-refractivity contribution in [2.75, 3.05) is 20.8 Å². The summed E-state index contributed by atoms with van der Waals surface area (Å²) in [5.74, 6) is 0.873. The van der Waals surface area contributed by atoms with Crippen LogP contribution in [-0.2, 0) is 4.74 Å². The third kappa shape index (κ3) is 3.25. The standard InChI is InChI=1S/C14H20N2O4/c1-4-20-10-5-9(6-10)7-11(17)13-14(19-3)16-12(18-2)8-15-13/h8-10H,4-7H2,1-3H3. The highest BCUT2D eigenvalue weighted by Crippen LogP contribution is 2.34. The fourth-order valence-corrected chi connectivity index (χ4v) is 2.36. The van der Waals surface area contributed by atoms with Crippen LogP contribution in [0.3, 0.4) is 0 Å². The predicted octanol–water partition coefficient (Wildman–Crippen LogP) is 1.88. The number of nitrogens with zero attached hydrogens (tertiary/aromatic N) is 2. The number of rotatable bonds is 7. The summed E-state index contributed by atoms with van der Waals surface area (Å²) in [6, 6.07) is 0. The van der Waals surface area contributed by atoms with E-state index in [0.29, 0.717) is 24.3 Å². The number of methoxy groups -OCH3 is 2. The lowest BCUT2D eigenvalue weighted by molar-refractivity contribution is -0.0246. The van der Waals surface area contributed by atoms with Crippen molar-refractivity contribution in [3.8, 4) is 11.8 Å². The first-order chi connectivity index (χ1) is 9.67. The molecule has 0 saturated heterocycles. The van der Waals surface area contributed by atoms with Crippen LogP contribution in [0.5, 0.6) is 11.8 Å². The molecule has 1 aromatic rings. The summed E-state index contributed by atoms with van der Waals surface area (Å²) in [5, 5.41) is 0. The van der Waals surface area contributed by atoms with E-state index in [-0.39, 0.29) is 17.4 Å². The van der Waals surface area contributed by atoms with Gasteiger partial charge in [0.15, 0.2) is 11.5 Å². The zero-order chi connectivity index (χ0) is 14.5. The van der Waals surface area contributed by atoms with Crippen molar-refractivity contribution in [2.24, 2.45) is 5.92 Å². The summed E-state index contributed by atoms with van der Waals surface area (Å²) < 4.78 is 15.6. The lowest BCUT2D eigenvalue weighted by Crippen LogP contribution is -2.33. The lowest BCUT2D eigenvalue weighted by atomic mass is 9.78. The second kappa shape index (κ2) is 6.65. The Morgan fingerprint density at radius 2 is 2.10 bits per heavy atom. The second-order valence-electron chi connectivity index (χ2n) is 4.81. The molecule has 6 heteroatoms. The highest BCUT2D eigenvalue weighted by molar-refractivity contribution is 5.96. The van der Waals surface area contributed by atoms with Crippen LogP contribution in [0.25, 0.3) is 0 Å². The Morgan fingerprint density at radius 3 is 2.70 bits per heavy atom. The van der Waals surface area contributed by atoms with Crippen molar-refractivity contribution in [3.05, 3.63) is 11.9 Å². The zero-order valence-electron chi connectivity index (χ0n) is 12.1. The molecular weight excluding hydrogens is 260 g/mol. The minimum atomic E-state index is -0.0445. The molecule has 0 spiro atoms. The molecule has 1 heterocycles. The minimum Gasteiger partial charge on any atom is -0.480 e. The third-order valence-electron chi connectivity index (χ3n) is 3.45. The van der Waals surface area contributed by atoms with Crippen molar-refractivity contribution >= 4 is 5.78 Å². The Morgan fingerprint density at radius 1 is 1.35 bits per heavy atom. The molecule has 110 valence electrons. The van der Waals surface area contributed by atoms with E-state index in [4.69, 9.17) is 14.2 Å². The van der Waals surface area contributed by atoms with Crippen molar-refractivity contribution in [3.63, 3.8) is 0 Å². The number of ether oxygens (including phenoxy) is 3. The first-order valence-electron chi connectivity index (χ1n) is 6.77. The van der Waals surface area contributed by atoms with Gasteiger partial charge < -0.3 is 14.2 Å². The van der Waals surface area contributed by atoms with Crippen molar-refractivity contribution in [1.29, 1.82) is 0 Å². The molecule has 2 rings (SSSR count). The van der Waals surface area contributed by atoms with E-state index in [1.54, 1.807) is 0 Å². The first kappa shape index (κ1) is 14.7. The van der Waals surface area contributed by atoms with Gasteiger partial charge in [-0.2, -0.15) is 4.98 Å². The summed E-state index contributed by atoms with van der Waals surface area (Å²) in [6.07, 6.45) is 4.07. The number of carbonyl (C=O) groups is 1. The Bertz CT molecular complexity index is 472. The Balaban J connectivity index is 1.96. The molecule has 0 aromatic carbocycles. The average molecular weight is 280 g/mol. The number of Topliss-reactive ketones (excluding diaryl/α,β-unsaturated/α-hetero) is 1. The van der Waals surface area contributed by atoms with E-state index in [9.17, 15) is 4.79 Å². The molecule has 0 amide bonds. The summed E-state index contributed by atoms with van der Waals surface area (Å²) >= 11 is 0. The van der Waals surface area contributed by atoms with Crippen molar-refractivity contribution < 1.29 is 19.0 Å². The molecule has 1 fully saturated rings. The van der Waals surface area contributed by atoms with E-state index < -0.39 is 0 Å². The van der Waals surface area contributed by atoms with E-state index in [1.165, 1.54) is 20.4 Å². The molecule has 1 saturated carbocycles. The molecule has 6 nitrogen and oxygen atoms in total. The van der Waals surface area contributed by atoms with Crippen molar-refractivity contribution in [1.82, 2.24) is 9.97 Å². The largest absolute Gasteiger partial charge is 0.480 e. The second-order valence-corrected chi connectivity index (χ2v) is 4.81. The number of hydrogen-bond donors (Lipinski definition) is 0. The average Bonchev–Trinajstić information content (AvgIpc) is 2.44. The molecule has 0 radical (unpaired) electrons. The fourth-order valence-electron chi connectivity index (χ4n) is 2.36. The van der Waals surface area contributed by atoms with Gasteiger partial charge in [-0.25, -0.2) is 4.98 Å². The summed E-state index contributed by atoms with van der Waals surface area (Å²) in [5.41, 5.74) is 0.271. The Kier molecular flexibility index (Phi) is 4.89. The van der Waals surface area contributed by atoms with Crippen molar-refractivity contribution in [2.45, 2.75) is 32.3 Å². The van der Waals surface area contributed by atoms with Gasteiger partial charge in [0.25, 0.3) is 0 Å². The van der Waals surface area contributed by atoms with Gasteiger partial charge in [0.2, 0.25) is 11.8 Å². The smallest absolute Gasteiger partial charge is 0.246 e. The maximum absolute atomic E-state index is 12.2. The predicted molar refractivity (Wildman–Crippen MR) is 72.2 cm³/mol. The van der Waals surface area contributed by atoms with Gasteiger partial charge in [-0.3, -0.25) is 4.79 Å². The molecule has 20 heavy (non-hydrogen) atoms. The molecule has 1 aliphatic carbocycles. The monoisotopic (exact) mass is 280 g/mol. The fraction of sp³-hybridized carbons (Fsp3) is 0.643. The van der Waals surface area contributed by atoms with Crippen LogP contribution in [0.1, 0.15) is 36.7 Å². The van der Waals surface area contributed by atoms with Crippen LogP contribution in [0.2, 0.25) is 0 Å². The summed E-state index contributed by atoms with van der Waals surface area (Å²) in [7, 11) is 2.96. The molecule has 0 unspecified atom stereocenters. The first-order valence-corrected chi connectivity index (χ1v) is 6.77. The van der Waals surface area contributed by atoms with Crippen LogP contribution < -0.4 is 9.47 Å². The number of hydrogen-bond acceptors (Lipinski definition) is 6. The van der Waals surface area contributed by atoms with Gasteiger partial charge in [-0.05, 0) is 25.7 Å². The molecule has 0 aliphatic heterocycles. The van der Waals surface area contributed by atoms with E-state index in [0.717, 1.165) is 19.4 Å². The SMILES string of the molecule is CCOC1CC(CC(=O)c2ncc(OC)nc2OC)C1. The highest BCUT2D eigenvalue weighted by atomic mass is 16.5. The third-order valence-corrected chi connectivity index (χ3v) is 3.45. The van der Waals surface area contributed by atoms with Crippen LogP contribution in [0.4, 0.5) is 0 Å². The van der Waals surface area contributed by atoms with Crippen LogP contribution >= 0.6 is 0 Å². The van der Waals surface area contributed by atoms with Crippen LogP contribution in [0.15, 0.2) is 6.20 Å². The highest BCUT2D eigenvalue weighted by Gasteiger charge is 2.32. The van der Waals surface area contributed by atoms with Crippen LogP contribution in [-0.4, -0.2) is 42.7 Å². The Labute approximate surface area is 118 Å². The van der Waals surface area contributed by atoms with Gasteiger partial charge in [0, 0.05) is 13.0 Å². The maximum atomic E-state index is 12.2. The quantitative estimate of drug-likeness (QED) is 0.710. The van der Waals surface area contributed by atoms with Gasteiger partial charge >= 0.3 is 0 Å². The van der Waals surface area contributed by atoms with Gasteiger partial charge in [0.05, 0.1) is 26.5 Å². The number of ketones is 1. The lowest BCUT2D eigenvalue weighted by Gasteiger charge is -2.34. The number of carbonyl (C=O) groups excluding carboxylic acids is 1. The topological polar surface area (TPSA) is 70.5 Å². The summed E-state index contributed by atoms with van der Waals surface area (Å²) in [4.78, 5) is 20.4. The molecule has 0 atom stereocenters. The molecule has 1 aromatic heterocycles. The van der Waals surface area contributed by atoms with E-state index in [1.807, 2.05) is 6.92 Å². The van der Waals surface area contributed by atoms with E-state index in [2.05, 4.69) is 9.97 Å². The van der Waals surface area contributed by atoms with Crippen LogP contribution in [0, 0.1) is 5.92 Å². The molecule has 0 N–H and O–H groups in total. The molecule has 0 bridgehead atoms. The molecule has 1 aliphatic rings. The molecular formula is C14H20N2O4. The Hall–Kier alpha value is -1.69. The van der Waals surface area contributed by atoms with Gasteiger partial charge in [-0.15, -0.1) is 0 Å². The maximum Gasteiger partial charge on any atom is 0.246 e. The number of aromatic nitrogens is 2. The normalized spacial score (nSPS) is 21.1. The summed E-state index contributed by atoms with van der Waals surface area (Å²) in [6.45, 7) is 2.71. The minimum absolute atomic E-state index is 0.0445.